The van der Waals surface area contributed by atoms with Crippen molar-refractivity contribution in [2.24, 2.45) is 7.05 Å². The van der Waals surface area contributed by atoms with Crippen LogP contribution < -0.4 is 4.72 Å². The van der Waals surface area contributed by atoms with Crippen LogP contribution in [0.5, 0.6) is 0 Å². The van der Waals surface area contributed by atoms with Crippen LogP contribution in [0.3, 0.4) is 0 Å². The molecule has 9 heteroatoms. The van der Waals surface area contributed by atoms with E-state index in [9.17, 15) is 18.3 Å². The van der Waals surface area contributed by atoms with Crippen LogP contribution in [-0.4, -0.2) is 29.3 Å². The van der Waals surface area contributed by atoms with Crippen molar-refractivity contribution in [1.29, 1.82) is 0 Å². The number of carboxylic acid groups (broad SMARTS) is 1. The summed E-state index contributed by atoms with van der Waals surface area (Å²) in [6.07, 6.45) is 0.640. The van der Waals surface area contributed by atoms with Crippen molar-refractivity contribution in [3.63, 3.8) is 0 Å². The zero-order valence-corrected chi connectivity index (χ0v) is 14.4. The molecule has 2 rings (SSSR count). The second kappa shape index (κ2) is 6.21. The highest BCUT2D eigenvalue weighted by Crippen LogP contribution is 2.28. The maximum atomic E-state index is 12.5. The fraction of sp³-hybridized carbons (Fsp3) is 0.286. The molecular formula is C14H16ClN3O4S. The van der Waals surface area contributed by atoms with Crippen LogP contribution in [0.4, 0.5) is 5.69 Å². The molecule has 0 aliphatic carbocycles. The third-order valence-electron chi connectivity index (χ3n) is 3.34. The molecule has 1 heterocycles. The van der Waals surface area contributed by atoms with Crippen LogP contribution in [-0.2, 0) is 23.5 Å². The lowest BCUT2D eigenvalue weighted by Gasteiger charge is -2.11. The Morgan fingerprint density at radius 1 is 1.43 bits per heavy atom. The molecule has 23 heavy (non-hydrogen) atoms. The molecule has 0 saturated heterocycles. The molecule has 1 aromatic carbocycles. The lowest BCUT2D eigenvalue weighted by Crippen LogP contribution is -2.16. The number of sulfonamides is 1. The quantitative estimate of drug-likeness (QED) is 0.855. The van der Waals surface area contributed by atoms with Crippen molar-refractivity contribution >= 4 is 33.3 Å². The van der Waals surface area contributed by atoms with Gasteiger partial charge in [0.25, 0.3) is 10.0 Å². The Hall–Kier alpha value is -2.06. The first-order chi connectivity index (χ1) is 10.7. The van der Waals surface area contributed by atoms with Gasteiger partial charge in [-0.2, -0.15) is 5.10 Å². The molecule has 0 spiro atoms. The van der Waals surface area contributed by atoms with E-state index in [1.807, 2.05) is 6.92 Å². The predicted octanol–water partition coefficient (Wildman–Crippen LogP) is 2.44. The summed E-state index contributed by atoms with van der Waals surface area (Å²) < 4.78 is 28.6. The number of benzene rings is 1. The molecule has 0 amide bonds. The van der Waals surface area contributed by atoms with Gasteiger partial charge in [-0.25, -0.2) is 13.2 Å². The number of rotatable bonds is 5. The standard InChI is InChI=1S/C14H16ClN3O4S/c1-4-9-5-6-11(10(7-9)14(19)20)17-23(21,22)12-8(2)16-18(3)13(12)15/h5-7,17H,4H2,1-3H3,(H,19,20). The normalized spacial score (nSPS) is 11.5. The van der Waals surface area contributed by atoms with Gasteiger partial charge in [-0.15, -0.1) is 0 Å². The number of hydrogen-bond donors (Lipinski definition) is 2. The Morgan fingerprint density at radius 3 is 2.57 bits per heavy atom. The molecule has 0 fully saturated rings. The fourth-order valence-corrected chi connectivity index (χ4v) is 4.02. The minimum Gasteiger partial charge on any atom is -0.478 e. The van der Waals surface area contributed by atoms with Crippen molar-refractivity contribution in [3.8, 4) is 0 Å². The van der Waals surface area contributed by atoms with E-state index < -0.39 is 16.0 Å². The van der Waals surface area contributed by atoms with Gasteiger partial charge in [0.05, 0.1) is 16.9 Å². The molecule has 0 unspecified atom stereocenters. The summed E-state index contributed by atoms with van der Waals surface area (Å²) in [6, 6.07) is 4.54. The molecule has 124 valence electrons. The largest absolute Gasteiger partial charge is 0.478 e. The number of anilines is 1. The summed E-state index contributed by atoms with van der Waals surface area (Å²) in [7, 11) is -2.54. The molecule has 0 aliphatic rings. The van der Waals surface area contributed by atoms with E-state index in [1.54, 1.807) is 6.07 Å². The highest BCUT2D eigenvalue weighted by atomic mass is 35.5. The van der Waals surface area contributed by atoms with Gasteiger partial charge in [-0.05, 0) is 31.0 Å². The molecule has 0 atom stereocenters. The molecule has 2 aromatic rings. The zero-order valence-electron chi connectivity index (χ0n) is 12.8. The maximum Gasteiger partial charge on any atom is 0.337 e. The summed E-state index contributed by atoms with van der Waals surface area (Å²) in [5.74, 6) is -1.22. The summed E-state index contributed by atoms with van der Waals surface area (Å²) in [4.78, 5) is 11.2. The number of hydrogen-bond acceptors (Lipinski definition) is 4. The first kappa shape index (κ1) is 17.3. The van der Waals surface area contributed by atoms with E-state index in [1.165, 1.54) is 30.8 Å². The first-order valence-corrected chi connectivity index (χ1v) is 8.61. The average Bonchev–Trinajstić information content (AvgIpc) is 2.72. The number of nitrogens with zero attached hydrogens (tertiary/aromatic N) is 2. The number of aryl methyl sites for hydroxylation is 3. The predicted molar refractivity (Wildman–Crippen MR) is 86.5 cm³/mol. The van der Waals surface area contributed by atoms with Crippen LogP contribution in [0.2, 0.25) is 5.15 Å². The molecule has 0 aliphatic heterocycles. The summed E-state index contributed by atoms with van der Waals surface area (Å²) in [5.41, 5.74) is 0.882. The molecule has 0 radical (unpaired) electrons. The number of carboxylic acids is 1. The lowest BCUT2D eigenvalue weighted by atomic mass is 10.1. The summed E-state index contributed by atoms with van der Waals surface area (Å²) >= 11 is 5.98. The third kappa shape index (κ3) is 3.32. The Labute approximate surface area is 138 Å². The molecular weight excluding hydrogens is 342 g/mol. The van der Waals surface area contributed by atoms with Gasteiger partial charge >= 0.3 is 5.97 Å². The van der Waals surface area contributed by atoms with E-state index in [2.05, 4.69) is 9.82 Å². The monoisotopic (exact) mass is 357 g/mol. The Morgan fingerprint density at radius 2 is 2.09 bits per heavy atom. The SMILES string of the molecule is CCc1ccc(NS(=O)(=O)c2c(C)nn(C)c2Cl)c(C(=O)O)c1. The Balaban J connectivity index is 2.51. The minimum atomic E-state index is -4.06. The maximum absolute atomic E-state index is 12.5. The second-order valence-corrected chi connectivity index (χ2v) is 6.95. The van der Waals surface area contributed by atoms with Crippen LogP contribution in [0, 0.1) is 6.92 Å². The Bertz CT molecular complexity index is 874. The van der Waals surface area contributed by atoms with Gasteiger partial charge in [-0.1, -0.05) is 24.6 Å². The van der Waals surface area contributed by atoms with Crippen LogP contribution in [0.1, 0.15) is 28.5 Å². The Kier molecular flexibility index (Phi) is 4.67. The highest BCUT2D eigenvalue weighted by Gasteiger charge is 2.26. The summed E-state index contributed by atoms with van der Waals surface area (Å²) in [6.45, 7) is 3.39. The molecule has 7 nitrogen and oxygen atoms in total. The van der Waals surface area contributed by atoms with Gasteiger partial charge in [-0.3, -0.25) is 9.40 Å². The van der Waals surface area contributed by atoms with E-state index >= 15 is 0 Å². The van der Waals surface area contributed by atoms with Gasteiger partial charge in [0, 0.05) is 7.05 Å². The van der Waals surface area contributed by atoms with Crippen molar-refractivity contribution < 1.29 is 18.3 Å². The number of aromatic nitrogens is 2. The zero-order chi connectivity index (χ0) is 17.4. The summed E-state index contributed by atoms with van der Waals surface area (Å²) in [5, 5.41) is 13.2. The van der Waals surface area contributed by atoms with Gasteiger partial charge < -0.3 is 5.11 Å². The number of aromatic carboxylic acids is 1. The lowest BCUT2D eigenvalue weighted by molar-refractivity contribution is 0.0698. The van der Waals surface area contributed by atoms with Crippen LogP contribution in [0.15, 0.2) is 23.1 Å². The smallest absolute Gasteiger partial charge is 0.337 e. The topological polar surface area (TPSA) is 101 Å². The van der Waals surface area contributed by atoms with E-state index in [0.29, 0.717) is 6.42 Å². The second-order valence-electron chi connectivity index (χ2n) is 4.97. The first-order valence-electron chi connectivity index (χ1n) is 6.75. The van der Waals surface area contributed by atoms with Crippen molar-refractivity contribution in [2.75, 3.05) is 4.72 Å². The van der Waals surface area contributed by atoms with Gasteiger partial charge in [0.1, 0.15) is 10.0 Å². The highest BCUT2D eigenvalue weighted by molar-refractivity contribution is 7.92. The average molecular weight is 358 g/mol. The van der Waals surface area contributed by atoms with Crippen LogP contribution in [0.25, 0.3) is 0 Å². The van der Waals surface area contributed by atoms with Crippen molar-refractivity contribution in [2.45, 2.75) is 25.2 Å². The number of halogens is 1. The number of nitrogens with one attached hydrogen (secondary N) is 1. The molecule has 1 aromatic heterocycles. The molecule has 0 bridgehead atoms. The number of carbonyl (C=O) groups is 1. The van der Waals surface area contributed by atoms with Gasteiger partial charge in [0.15, 0.2) is 0 Å². The fourth-order valence-electron chi connectivity index (χ4n) is 2.19. The van der Waals surface area contributed by atoms with Crippen LogP contribution >= 0.6 is 11.6 Å². The van der Waals surface area contributed by atoms with E-state index in [4.69, 9.17) is 11.6 Å². The van der Waals surface area contributed by atoms with E-state index in [0.717, 1.165) is 5.56 Å². The molecule has 2 N–H and O–H groups in total. The molecule has 0 saturated carbocycles. The van der Waals surface area contributed by atoms with Crippen molar-refractivity contribution in [3.05, 3.63) is 40.2 Å². The third-order valence-corrected chi connectivity index (χ3v) is 5.40. The minimum absolute atomic E-state index is 0.0194. The van der Waals surface area contributed by atoms with Gasteiger partial charge in [0.2, 0.25) is 0 Å². The van der Waals surface area contributed by atoms with E-state index in [-0.39, 0.29) is 27.0 Å². The van der Waals surface area contributed by atoms with Crippen molar-refractivity contribution in [1.82, 2.24) is 9.78 Å².